The van der Waals surface area contributed by atoms with Crippen LogP contribution in [0, 0.1) is 6.92 Å². The summed E-state index contributed by atoms with van der Waals surface area (Å²) in [4.78, 5) is 25.9. The summed E-state index contributed by atoms with van der Waals surface area (Å²) in [6, 6.07) is 5.68. The van der Waals surface area contributed by atoms with Gasteiger partial charge in [0.1, 0.15) is 0 Å². The second kappa shape index (κ2) is 8.26. The van der Waals surface area contributed by atoms with Crippen LogP contribution in [0.15, 0.2) is 22.7 Å². The Bertz CT molecular complexity index is 562. The average Bonchev–Trinajstić information content (AvgIpc) is 2.50. The van der Waals surface area contributed by atoms with Gasteiger partial charge in [0.25, 0.3) is 0 Å². The molecule has 0 saturated carbocycles. The minimum atomic E-state index is -0.172. The SMILES string of the molecule is Cc1cc(Br)ccc1NC(=O)CN(C)C(=O)C1CSCCS1. The third kappa shape index (κ3) is 4.93. The van der Waals surface area contributed by atoms with Gasteiger partial charge in [0.2, 0.25) is 11.8 Å². The largest absolute Gasteiger partial charge is 0.335 e. The number of thioether (sulfide) groups is 2. The molecule has 7 heteroatoms. The van der Waals surface area contributed by atoms with Crippen molar-refractivity contribution in [2.24, 2.45) is 0 Å². The molecule has 4 nitrogen and oxygen atoms in total. The Kier molecular flexibility index (Phi) is 6.65. The first-order valence-electron chi connectivity index (χ1n) is 6.97. The van der Waals surface area contributed by atoms with E-state index in [0.29, 0.717) is 0 Å². The number of anilines is 1. The van der Waals surface area contributed by atoms with Gasteiger partial charge in [0, 0.05) is 34.5 Å². The van der Waals surface area contributed by atoms with E-state index >= 15 is 0 Å². The van der Waals surface area contributed by atoms with Gasteiger partial charge in [-0.15, -0.1) is 11.8 Å². The number of rotatable bonds is 4. The van der Waals surface area contributed by atoms with Crippen LogP contribution in [-0.4, -0.2) is 52.8 Å². The molecule has 1 aromatic carbocycles. The molecule has 120 valence electrons. The fourth-order valence-electron chi connectivity index (χ4n) is 2.13. The van der Waals surface area contributed by atoms with Crippen LogP contribution in [0.4, 0.5) is 5.69 Å². The third-order valence-electron chi connectivity index (χ3n) is 3.31. The van der Waals surface area contributed by atoms with Crippen LogP contribution in [0.1, 0.15) is 5.56 Å². The van der Waals surface area contributed by atoms with Crippen LogP contribution in [0.3, 0.4) is 0 Å². The summed E-state index contributed by atoms with van der Waals surface area (Å²) in [5.74, 6) is 2.80. The second-order valence-corrected chi connectivity index (χ2v) is 8.51. The Morgan fingerprint density at radius 1 is 1.41 bits per heavy atom. The van der Waals surface area contributed by atoms with Gasteiger partial charge in [0.05, 0.1) is 11.8 Å². The van der Waals surface area contributed by atoms with Crippen LogP contribution in [0.5, 0.6) is 0 Å². The van der Waals surface area contributed by atoms with Gasteiger partial charge >= 0.3 is 0 Å². The van der Waals surface area contributed by atoms with Gasteiger partial charge in [0.15, 0.2) is 0 Å². The van der Waals surface area contributed by atoms with Crippen LogP contribution >= 0.6 is 39.5 Å². The molecule has 1 fully saturated rings. The first kappa shape index (κ1) is 17.7. The maximum atomic E-state index is 12.3. The van der Waals surface area contributed by atoms with E-state index in [1.165, 1.54) is 4.90 Å². The first-order valence-corrected chi connectivity index (χ1v) is 9.97. The van der Waals surface area contributed by atoms with Gasteiger partial charge in [-0.25, -0.2) is 0 Å². The van der Waals surface area contributed by atoms with Gasteiger partial charge < -0.3 is 10.2 Å². The number of likely N-dealkylation sites (N-methyl/N-ethyl adjacent to an activating group) is 1. The van der Waals surface area contributed by atoms with Crippen molar-refractivity contribution in [2.45, 2.75) is 12.2 Å². The Balaban J connectivity index is 1.89. The van der Waals surface area contributed by atoms with Crippen molar-refractivity contribution in [2.75, 3.05) is 36.2 Å². The van der Waals surface area contributed by atoms with E-state index < -0.39 is 0 Å². The summed E-state index contributed by atoms with van der Waals surface area (Å²) in [6.45, 7) is 2.02. The lowest BCUT2D eigenvalue weighted by molar-refractivity contribution is -0.132. The number of nitrogens with one attached hydrogen (secondary N) is 1. The molecule has 0 aromatic heterocycles. The zero-order valence-electron chi connectivity index (χ0n) is 12.6. The molecule has 1 saturated heterocycles. The number of nitrogens with zero attached hydrogens (tertiary/aromatic N) is 1. The average molecular weight is 403 g/mol. The van der Waals surface area contributed by atoms with E-state index in [0.717, 1.165) is 33.0 Å². The molecule has 1 heterocycles. The number of carbonyl (C=O) groups excluding carboxylic acids is 2. The molecule has 1 unspecified atom stereocenters. The van der Waals surface area contributed by atoms with Gasteiger partial charge in [-0.2, -0.15) is 11.8 Å². The smallest absolute Gasteiger partial charge is 0.243 e. The van der Waals surface area contributed by atoms with Gasteiger partial charge in [-0.1, -0.05) is 15.9 Å². The number of hydrogen-bond donors (Lipinski definition) is 1. The number of aryl methyl sites for hydroxylation is 1. The molecule has 1 N–H and O–H groups in total. The number of amides is 2. The summed E-state index contributed by atoms with van der Waals surface area (Å²) < 4.78 is 0.974. The maximum Gasteiger partial charge on any atom is 0.243 e. The number of carbonyl (C=O) groups is 2. The van der Waals surface area contributed by atoms with Crippen molar-refractivity contribution in [3.63, 3.8) is 0 Å². The predicted octanol–water partition coefficient (Wildman–Crippen LogP) is 3.00. The van der Waals surface area contributed by atoms with E-state index in [9.17, 15) is 9.59 Å². The van der Waals surface area contributed by atoms with E-state index in [1.54, 1.807) is 30.6 Å². The molecule has 0 radical (unpaired) electrons. The fourth-order valence-corrected chi connectivity index (χ4v) is 5.26. The highest BCUT2D eigenvalue weighted by atomic mass is 79.9. The normalized spacial score (nSPS) is 17.9. The van der Waals surface area contributed by atoms with E-state index in [2.05, 4.69) is 21.2 Å². The summed E-state index contributed by atoms with van der Waals surface area (Å²) in [7, 11) is 1.69. The first-order chi connectivity index (χ1) is 10.5. The van der Waals surface area contributed by atoms with Crippen LogP contribution < -0.4 is 5.32 Å². The molecular weight excluding hydrogens is 384 g/mol. The van der Waals surface area contributed by atoms with E-state index in [4.69, 9.17) is 0 Å². The standard InChI is InChI=1S/C15H19BrN2O2S2/c1-10-7-11(16)3-4-12(10)17-14(19)8-18(2)15(20)13-9-21-5-6-22-13/h3-4,7,13H,5-6,8-9H2,1-2H3,(H,17,19). The zero-order valence-corrected chi connectivity index (χ0v) is 15.8. The summed E-state index contributed by atoms with van der Waals surface area (Å²) in [5, 5.41) is 2.84. The molecule has 2 amide bonds. The molecule has 1 atom stereocenters. The molecular formula is C15H19BrN2O2S2. The van der Waals surface area contributed by atoms with E-state index in [1.807, 2.05) is 25.1 Å². The summed E-state index contributed by atoms with van der Waals surface area (Å²) in [6.07, 6.45) is 0. The quantitative estimate of drug-likeness (QED) is 0.840. The second-order valence-electron chi connectivity index (χ2n) is 5.14. The highest BCUT2D eigenvalue weighted by Crippen LogP contribution is 2.25. The Morgan fingerprint density at radius 3 is 2.82 bits per heavy atom. The molecule has 1 aliphatic rings. The van der Waals surface area contributed by atoms with Gasteiger partial charge in [-0.05, 0) is 30.7 Å². The highest BCUT2D eigenvalue weighted by molar-refractivity contribution is 9.10. The summed E-state index contributed by atoms with van der Waals surface area (Å²) >= 11 is 6.88. The minimum absolute atomic E-state index is 0.0223. The van der Waals surface area contributed by atoms with Crippen molar-refractivity contribution in [3.8, 4) is 0 Å². The number of benzene rings is 1. The van der Waals surface area contributed by atoms with Crippen molar-refractivity contribution in [1.29, 1.82) is 0 Å². The molecule has 22 heavy (non-hydrogen) atoms. The highest BCUT2D eigenvalue weighted by Gasteiger charge is 2.26. The molecule has 1 aliphatic heterocycles. The maximum absolute atomic E-state index is 12.3. The molecule has 2 rings (SSSR count). The summed E-state index contributed by atoms with van der Waals surface area (Å²) in [5.41, 5.74) is 1.76. The lowest BCUT2D eigenvalue weighted by atomic mass is 10.2. The lowest BCUT2D eigenvalue weighted by Gasteiger charge is -2.25. The number of halogens is 1. The van der Waals surface area contributed by atoms with Crippen LogP contribution in [-0.2, 0) is 9.59 Å². The minimum Gasteiger partial charge on any atom is -0.335 e. The molecule has 0 bridgehead atoms. The Hall–Kier alpha value is -0.660. The zero-order chi connectivity index (χ0) is 16.1. The topological polar surface area (TPSA) is 49.4 Å². The number of hydrogen-bond acceptors (Lipinski definition) is 4. The van der Waals surface area contributed by atoms with Crippen molar-refractivity contribution in [3.05, 3.63) is 28.2 Å². The fraction of sp³-hybridized carbons (Fsp3) is 0.467. The lowest BCUT2D eigenvalue weighted by Crippen LogP contribution is -2.41. The van der Waals surface area contributed by atoms with Gasteiger partial charge in [-0.3, -0.25) is 9.59 Å². The monoisotopic (exact) mass is 402 g/mol. The molecule has 0 spiro atoms. The molecule has 0 aliphatic carbocycles. The molecule has 1 aromatic rings. The Labute approximate surface area is 147 Å². The third-order valence-corrected chi connectivity index (χ3v) is 6.55. The van der Waals surface area contributed by atoms with Crippen molar-refractivity contribution in [1.82, 2.24) is 4.90 Å². The van der Waals surface area contributed by atoms with Crippen LogP contribution in [0.25, 0.3) is 0 Å². The van der Waals surface area contributed by atoms with Crippen molar-refractivity contribution >= 4 is 57.0 Å². The van der Waals surface area contributed by atoms with E-state index in [-0.39, 0.29) is 23.6 Å². The predicted molar refractivity (Wildman–Crippen MR) is 98.7 cm³/mol. The Morgan fingerprint density at radius 2 is 2.18 bits per heavy atom. The van der Waals surface area contributed by atoms with Crippen LogP contribution in [0.2, 0.25) is 0 Å². The van der Waals surface area contributed by atoms with Crippen molar-refractivity contribution < 1.29 is 9.59 Å².